The maximum atomic E-state index is 11.8. The van der Waals surface area contributed by atoms with Crippen LogP contribution in [0.3, 0.4) is 0 Å². The van der Waals surface area contributed by atoms with Gasteiger partial charge in [0.25, 0.3) is 0 Å². The van der Waals surface area contributed by atoms with Gasteiger partial charge >= 0.3 is 18.0 Å². The molecule has 0 saturated carbocycles. The van der Waals surface area contributed by atoms with Crippen molar-refractivity contribution >= 4 is 18.0 Å². The molecule has 0 bridgehead atoms. The summed E-state index contributed by atoms with van der Waals surface area (Å²) in [7, 11) is 0. The number of carboxylic acid groups (broad SMARTS) is 2. The van der Waals surface area contributed by atoms with Gasteiger partial charge in [0.15, 0.2) is 0 Å². The van der Waals surface area contributed by atoms with Gasteiger partial charge in [0.1, 0.15) is 6.04 Å². The Kier molecular flexibility index (Phi) is 5.11. The Labute approximate surface area is 110 Å². The minimum atomic E-state index is -1.45. The van der Waals surface area contributed by atoms with E-state index in [-0.39, 0.29) is 5.92 Å². The lowest BCUT2D eigenvalue weighted by molar-refractivity contribution is -0.145. The summed E-state index contributed by atoms with van der Waals surface area (Å²) in [5.74, 6) is -2.78. The maximum absolute atomic E-state index is 11.8. The molecule has 1 aliphatic rings. The molecule has 19 heavy (non-hydrogen) atoms. The van der Waals surface area contributed by atoms with Crippen LogP contribution in [0.2, 0.25) is 0 Å². The highest BCUT2D eigenvalue weighted by atomic mass is 16.4. The van der Waals surface area contributed by atoms with Gasteiger partial charge in [-0.25, -0.2) is 9.59 Å². The van der Waals surface area contributed by atoms with Gasteiger partial charge < -0.3 is 25.5 Å². The van der Waals surface area contributed by atoms with Gasteiger partial charge in [0.05, 0.1) is 12.5 Å². The zero-order valence-corrected chi connectivity index (χ0v) is 10.6. The van der Waals surface area contributed by atoms with Crippen molar-refractivity contribution in [3.05, 3.63) is 0 Å². The van der Waals surface area contributed by atoms with Gasteiger partial charge in [0.2, 0.25) is 0 Å². The van der Waals surface area contributed by atoms with Crippen molar-refractivity contribution in [1.29, 1.82) is 0 Å². The van der Waals surface area contributed by atoms with Crippen molar-refractivity contribution in [2.45, 2.75) is 31.9 Å². The fourth-order valence-electron chi connectivity index (χ4n) is 1.93. The summed E-state index contributed by atoms with van der Waals surface area (Å²) in [6.07, 6.45) is -0.725. The van der Waals surface area contributed by atoms with E-state index in [0.29, 0.717) is 19.5 Å². The van der Waals surface area contributed by atoms with Crippen molar-refractivity contribution in [3.8, 4) is 0 Å². The number of hydrogen-bond donors (Lipinski definition) is 4. The summed E-state index contributed by atoms with van der Waals surface area (Å²) in [5, 5.41) is 29.1. The zero-order chi connectivity index (χ0) is 14.6. The van der Waals surface area contributed by atoms with Crippen molar-refractivity contribution in [2.75, 3.05) is 13.1 Å². The Bertz CT molecular complexity index is 372. The number of aliphatic carboxylic acids is 2. The van der Waals surface area contributed by atoms with Crippen molar-refractivity contribution in [1.82, 2.24) is 10.2 Å². The van der Waals surface area contributed by atoms with E-state index in [1.807, 2.05) is 0 Å². The number of nitrogens with one attached hydrogen (secondary N) is 1. The highest BCUT2D eigenvalue weighted by molar-refractivity contribution is 5.86. The van der Waals surface area contributed by atoms with Crippen LogP contribution < -0.4 is 5.32 Å². The number of aliphatic hydroxyl groups excluding tert-OH is 1. The molecular weight excluding hydrogens is 256 g/mol. The first-order chi connectivity index (χ1) is 8.81. The molecule has 8 nitrogen and oxygen atoms in total. The Morgan fingerprint density at radius 2 is 2.00 bits per heavy atom. The lowest BCUT2D eigenvalue weighted by Gasteiger charge is -2.34. The molecule has 2 unspecified atom stereocenters. The fourth-order valence-corrected chi connectivity index (χ4v) is 1.93. The average molecular weight is 274 g/mol. The van der Waals surface area contributed by atoms with Crippen LogP contribution in [0, 0.1) is 5.92 Å². The Morgan fingerprint density at radius 3 is 2.47 bits per heavy atom. The van der Waals surface area contributed by atoms with Crippen LogP contribution in [-0.2, 0) is 9.59 Å². The number of piperidine rings is 1. The summed E-state index contributed by atoms with van der Waals surface area (Å²) in [6.45, 7) is 2.42. The first-order valence-corrected chi connectivity index (χ1v) is 5.99. The number of hydrogen-bond acceptors (Lipinski definition) is 4. The number of carboxylic acids is 2. The van der Waals surface area contributed by atoms with E-state index in [1.165, 1.54) is 4.90 Å². The molecule has 0 aromatic carbocycles. The van der Waals surface area contributed by atoms with Crippen molar-refractivity contribution < 1.29 is 29.7 Å². The molecule has 108 valence electrons. The Hall–Kier alpha value is -1.83. The summed E-state index contributed by atoms with van der Waals surface area (Å²) < 4.78 is 0. The van der Waals surface area contributed by atoms with E-state index < -0.39 is 36.5 Å². The minimum Gasteiger partial charge on any atom is -0.481 e. The number of rotatable bonds is 4. The second-order valence-corrected chi connectivity index (χ2v) is 4.72. The predicted molar refractivity (Wildman–Crippen MR) is 63.6 cm³/mol. The van der Waals surface area contributed by atoms with Gasteiger partial charge in [-0.3, -0.25) is 4.79 Å². The molecule has 4 N–H and O–H groups in total. The minimum absolute atomic E-state index is 0.0951. The summed E-state index contributed by atoms with van der Waals surface area (Å²) in [5.41, 5.74) is 0. The van der Waals surface area contributed by atoms with Crippen molar-refractivity contribution in [2.24, 2.45) is 5.92 Å². The standard InChI is InChI=1S/C11H18N2O6/c1-6-5-13(3-2-8(6)14)11(19)12-7(10(17)18)4-9(15)16/h6-8,14H,2-5H2,1H3,(H,12,19)(H,15,16)(H,17,18)/t6?,7-,8?/m0/s1. The van der Waals surface area contributed by atoms with E-state index in [2.05, 4.69) is 5.32 Å². The maximum Gasteiger partial charge on any atom is 0.326 e. The fraction of sp³-hybridized carbons (Fsp3) is 0.727. The van der Waals surface area contributed by atoms with Crippen LogP contribution in [0.15, 0.2) is 0 Å². The summed E-state index contributed by atoms with van der Waals surface area (Å²) in [6, 6.07) is -2.07. The number of nitrogens with zero attached hydrogens (tertiary/aromatic N) is 1. The lowest BCUT2D eigenvalue weighted by atomic mass is 9.97. The van der Waals surface area contributed by atoms with Crippen LogP contribution in [0.25, 0.3) is 0 Å². The second kappa shape index (κ2) is 6.37. The van der Waals surface area contributed by atoms with Gasteiger partial charge in [-0.1, -0.05) is 6.92 Å². The quantitative estimate of drug-likeness (QED) is 0.538. The van der Waals surface area contributed by atoms with Gasteiger partial charge in [-0.2, -0.15) is 0 Å². The van der Waals surface area contributed by atoms with E-state index in [0.717, 1.165) is 0 Å². The SMILES string of the molecule is CC1CN(C(=O)N[C@@H](CC(=O)O)C(=O)O)CCC1O. The Balaban J connectivity index is 2.57. The molecular formula is C11H18N2O6. The number of aliphatic hydroxyl groups is 1. The average Bonchev–Trinajstić information content (AvgIpc) is 2.31. The van der Waals surface area contributed by atoms with Crippen molar-refractivity contribution in [3.63, 3.8) is 0 Å². The molecule has 2 amide bonds. The normalized spacial score (nSPS) is 24.6. The molecule has 3 atom stereocenters. The van der Waals surface area contributed by atoms with E-state index in [9.17, 15) is 19.5 Å². The van der Waals surface area contributed by atoms with Gasteiger partial charge in [-0.15, -0.1) is 0 Å². The van der Waals surface area contributed by atoms with Crippen LogP contribution in [0.4, 0.5) is 4.79 Å². The predicted octanol–water partition coefficient (Wildman–Crippen LogP) is -0.673. The van der Waals surface area contributed by atoms with Crippen LogP contribution >= 0.6 is 0 Å². The third kappa shape index (κ3) is 4.40. The van der Waals surface area contributed by atoms with Gasteiger partial charge in [-0.05, 0) is 12.3 Å². The number of carbonyl (C=O) groups excluding carboxylic acids is 1. The molecule has 1 saturated heterocycles. The Morgan fingerprint density at radius 1 is 1.37 bits per heavy atom. The molecule has 1 aliphatic heterocycles. The molecule has 1 heterocycles. The molecule has 1 rings (SSSR count). The smallest absolute Gasteiger partial charge is 0.326 e. The number of likely N-dealkylation sites (tertiary alicyclic amines) is 1. The molecule has 1 fully saturated rings. The van der Waals surface area contributed by atoms with E-state index >= 15 is 0 Å². The topological polar surface area (TPSA) is 127 Å². The third-order valence-corrected chi connectivity index (χ3v) is 3.12. The first-order valence-electron chi connectivity index (χ1n) is 5.99. The molecule has 0 aliphatic carbocycles. The van der Waals surface area contributed by atoms with Crippen LogP contribution in [0.5, 0.6) is 0 Å². The number of carbonyl (C=O) groups is 3. The van der Waals surface area contributed by atoms with E-state index in [1.54, 1.807) is 6.92 Å². The largest absolute Gasteiger partial charge is 0.481 e. The highest BCUT2D eigenvalue weighted by Gasteiger charge is 2.30. The first kappa shape index (κ1) is 15.2. The second-order valence-electron chi connectivity index (χ2n) is 4.72. The summed E-state index contributed by atoms with van der Waals surface area (Å²) in [4.78, 5) is 34.5. The van der Waals surface area contributed by atoms with Crippen LogP contribution in [-0.4, -0.2) is 63.4 Å². The zero-order valence-electron chi connectivity index (χ0n) is 10.6. The lowest BCUT2D eigenvalue weighted by Crippen LogP contribution is -2.53. The number of urea groups is 1. The number of amides is 2. The van der Waals surface area contributed by atoms with Gasteiger partial charge in [0, 0.05) is 13.1 Å². The third-order valence-electron chi connectivity index (χ3n) is 3.12. The van der Waals surface area contributed by atoms with E-state index in [4.69, 9.17) is 10.2 Å². The molecule has 0 aromatic rings. The highest BCUT2D eigenvalue weighted by Crippen LogP contribution is 2.16. The molecule has 0 radical (unpaired) electrons. The molecule has 0 aromatic heterocycles. The monoisotopic (exact) mass is 274 g/mol. The molecule has 0 spiro atoms. The van der Waals surface area contributed by atoms with Crippen LogP contribution in [0.1, 0.15) is 19.8 Å². The summed E-state index contributed by atoms with van der Waals surface area (Å²) >= 11 is 0. The molecule has 8 heteroatoms.